The molecular formula is C15H24N2O. The number of benzene rings is 1. The molecule has 2 rings (SSSR count). The SMILES string of the molecule is CC(C)(C)C(CCc1ccc2c(c1)CCO2)NN. The van der Waals surface area contributed by atoms with E-state index in [1.54, 1.807) is 0 Å². The Labute approximate surface area is 110 Å². The molecule has 1 aliphatic rings. The van der Waals surface area contributed by atoms with Gasteiger partial charge in [0, 0.05) is 12.5 Å². The summed E-state index contributed by atoms with van der Waals surface area (Å²) in [4.78, 5) is 0. The molecule has 0 saturated carbocycles. The summed E-state index contributed by atoms with van der Waals surface area (Å²) in [5.74, 6) is 6.70. The summed E-state index contributed by atoms with van der Waals surface area (Å²) in [6, 6.07) is 6.88. The van der Waals surface area contributed by atoms with Crippen LogP contribution in [0, 0.1) is 5.41 Å². The topological polar surface area (TPSA) is 47.3 Å². The van der Waals surface area contributed by atoms with E-state index in [4.69, 9.17) is 10.6 Å². The molecular weight excluding hydrogens is 224 g/mol. The fourth-order valence-corrected chi connectivity index (χ4v) is 2.47. The van der Waals surface area contributed by atoms with E-state index in [9.17, 15) is 0 Å². The van der Waals surface area contributed by atoms with Gasteiger partial charge in [-0.25, -0.2) is 0 Å². The number of rotatable bonds is 4. The first-order valence-corrected chi connectivity index (χ1v) is 6.71. The molecule has 0 amide bonds. The van der Waals surface area contributed by atoms with Crippen LogP contribution in [0.4, 0.5) is 0 Å². The van der Waals surface area contributed by atoms with Crippen molar-refractivity contribution in [3.05, 3.63) is 29.3 Å². The lowest BCUT2D eigenvalue weighted by Crippen LogP contribution is -2.44. The van der Waals surface area contributed by atoms with Gasteiger partial charge in [-0.05, 0) is 35.4 Å². The Balaban J connectivity index is 1.98. The average Bonchev–Trinajstić information content (AvgIpc) is 2.75. The fraction of sp³-hybridized carbons (Fsp3) is 0.600. The Kier molecular flexibility index (Phi) is 3.93. The van der Waals surface area contributed by atoms with E-state index in [0.717, 1.165) is 31.6 Å². The van der Waals surface area contributed by atoms with E-state index in [1.807, 2.05) is 0 Å². The Hall–Kier alpha value is -1.06. The molecule has 0 fully saturated rings. The molecule has 100 valence electrons. The summed E-state index contributed by atoms with van der Waals surface area (Å²) < 4.78 is 5.52. The summed E-state index contributed by atoms with van der Waals surface area (Å²) >= 11 is 0. The van der Waals surface area contributed by atoms with Crippen molar-refractivity contribution in [3.63, 3.8) is 0 Å². The van der Waals surface area contributed by atoms with Gasteiger partial charge in [-0.15, -0.1) is 0 Å². The highest BCUT2D eigenvalue weighted by atomic mass is 16.5. The summed E-state index contributed by atoms with van der Waals surface area (Å²) in [6.07, 6.45) is 3.15. The van der Waals surface area contributed by atoms with Crippen LogP contribution in [0.25, 0.3) is 0 Å². The van der Waals surface area contributed by atoms with Gasteiger partial charge in [-0.1, -0.05) is 32.9 Å². The minimum Gasteiger partial charge on any atom is -0.493 e. The van der Waals surface area contributed by atoms with Gasteiger partial charge in [0.05, 0.1) is 6.61 Å². The van der Waals surface area contributed by atoms with Gasteiger partial charge in [-0.2, -0.15) is 0 Å². The van der Waals surface area contributed by atoms with E-state index in [2.05, 4.69) is 44.4 Å². The zero-order valence-corrected chi connectivity index (χ0v) is 11.6. The van der Waals surface area contributed by atoms with Crippen molar-refractivity contribution in [2.45, 2.75) is 46.1 Å². The molecule has 1 unspecified atom stereocenters. The van der Waals surface area contributed by atoms with Gasteiger partial charge in [0.2, 0.25) is 0 Å². The number of hydrogen-bond donors (Lipinski definition) is 2. The molecule has 1 aromatic rings. The number of hydrogen-bond acceptors (Lipinski definition) is 3. The van der Waals surface area contributed by atoms with Crippen molar-refractivity contribution < 1.29 is 4.74 Å². The highest BCUT2D eigenvalue weighted by Crippen LogP contribution is 2.27. The second-order valence-electron chi connectivity index (χ2n) is 6.16. The first-order valence-electron chi connectivity index (χ1n) is 6.71. The van der Waals surface area contributed by atoms with Crippen LogP contribution < -0.4 is 16.0 Å². The smallest absolute Gasteiger partial charge is 0.122 e. The maximum absolute atomic E-state index is 5.64. The van der Waals surface area contributed by atoms with Crippen molar-refractivity contribution in [3.8, 4) is 5.75 Å². The molecule has 0 saturated heterocycles. The van der Waals surface area contributed by atoms with Crippen LogP contribution in [0.3, 0.4) is 0 Å². The maximum atomic E-state index is 5.64. The largest absolute Gasteiger partial charge is 0.493 e. The zero-order chi connectivity index (χ0) is 13.2. The third-order valence-corrected chi connectivity index (χ3v) is 3.72. The molecule has 3 N–H and O–H groups in total. The summed E-state index contributed by atoms with van der Waals surface area (Å²) in [5.41, 5.74) is 5.86. The normalized spacial score (nSPS) is 16.2. The van der Waals surface area contributed by atoms with Crippen molar-refractivity contribution in [1.82, 2.24) is 5.43 Å². The van der Waals surface area contributed by atoms with E-state index < -0.39 is 0 Å². The fourth-order valence-electron chi connectivity index (χ4n) is 2.47. The Morgan fingerprint density at radius 2 is 2.17 bits per heavy atom. The Morgan fingerprint density at radius 1 is 1.39 bits per heavy atom. The van der Waals surface area contributed by atoms with E-state index in [-0.39, 0.29) is 5.41 Å². The molecule has 1 aromatic carbocycles. The first kappa shape index (κ1) is 13.4. The van der Waals surface area contributed by atoms with E-state index in [1.165, 1.54) is 11.1 Å². The number of nitrogens with one attached hydrogen (secondary N) is 1. The van der Waals surface area contributed by atoms with Crippen LogP contribution in [-0.2, 0) is 12.8 Å². The molecule has 0 radical (unpaired) electrons. The van der Waals surface area contributed by atoms with Crippen molar-refractivity contribution in [2.75, 3.05) is 6.61 Å². The van der Waals surface area contributed by atoms with Crippen molar-refractivity contribution >= 4 is 0 Å². The van der Waals surface area contributed by atoms with Gasteiger partial charge < -0.3 is 4.74 Å². The molecule has 1 heterocycles. The molecule has 3 heteroatoms. The minimum absolute atomic E-state index is 0.189. The van der Waals surface area contributed by atoms with E-state index >= 15 is 0 Å². The minimum atomic E-state index is 0.189. The number of hydrazine groups is 1. The predicted molar refractivity (Wildman–Crippen MR) is 74.5 cm³/mol. The predicted octanol–water partition coefficient (Wildman–Crippen LogP) is 2.43. The number of ether oxygens (including phenoxy) is 1. The third kappa shape index (κ3) is 3.03. The highest BCUT2D eigenvalue weighted by Gasteiger charge is 2.23. The van der Waals surface area contributed by atoms with Gasteiger partial charge in [0.1, 0.15) is 5.75 Å². The molecule has 1 atom stereocenters. The van der Waals surface area contributed by atoms with Crippen LogP contribution in [0.15, 0.2) is 18.2 Å². The quantitative estimate of drug-likeness (QED) is 0.635. The lowest BCUT2D eigenvalue weighted by Gasteiger charge is -2.30. The van der Waals surface area contributed by atoms with Gasteiger partial charge in [0.25, 0.3) is 0 Å². The summed E-state index contributed by atoms with van der Waals surface area (Å²) in [7, 11) is 0. The lowest BCUT2D eigenvalue weighted by molar-refractivity contribution is 0.257. The van der Waals surface area contributed by atoms with E-state index in [0.29, 0.717) is 6.04 Å². The number of aryl methyl sites for hydroxylation is 1. The second-order valence-corrected chi connectivity index (χ2v) is 6.16. The molecule has 18 heavy (non-hydrogen) atoms. The second kappa shape index (κ2) is 5.29. The van der Waals surface area contributed by atoms with Crippen molar-refractivity contribution in [1.29, 1.82) is 0 Å². The summed E-state index contributed by atoms with van der Waals surface area (Å²) in [6.45, 7) is 7.48. The maximum Gasteiger partial charge on any atom is 0.122 e. The summed E-state index contributed by atoms with van der Waals surface area (Å²) in [5, 5.41) is 0. The van der Waals surface area contributed by atoms with Gasteiger partial charge in [-0.3, -0.25) is 11.3 Å². The lowest BCUT2D eigenvalue weighted by atomic mass is 9.83. The van der Waals surface area contributed by atoms with Gasteiger partial charge in [0.15, 0.2) is 0 Å². The molecule has 0 aromatic heterocycles. The first-order chi connectivity index (χ1) is 8.50. The zero-order valence-electron chi connectivity index (χ0n) is 11.6. The van der Waals surface area contributed by atoms with Crippen LogP contribution in [0.2, 0.25) is 0 Å². The van der Waals surface area contributed by atoms with Crippen LogP contribution in [0.5, 0.6) is 5.75 Å². The van der Waals surface area contributed by atoms with Crippen LogP contribution in [0.1, 0.15) is 38.3 Å². The third-order valence-electron chi connectivity index (χ3n) is 3.72. The molecule has 3 nitrogen and oxygen atoms in total. The van der Waals surface area contributed by atoms with Crippen LogP contribution in [-0.4, -0.2) is 12.6 Å². The monoisotopic (exact) mass is 248 g/mol. The van der Waals surface area contributed by atoms with Crippen molar-refractivity contribution in [2.24, 2.45) is 11.3 Å². The standard InChI is InChI=1S/C15H24N2O/c1-15(2,3)14(17-16)7-5-11-4-6-13-12(10-11)8-9-18-13/h4,6,10,14,17H,5,7-9,16H2,1-3H3. The Morgan fingerprint density at radius 3 is 2.83 bits per heavy atom. The highest BCUT2D eigenvalue weighted by molar-refractivity contribution is 5.39. The molecule has 0 bridgehead atoms. The average molecular weight is 248 g/mol. The van der Waals surface area contributed by atoms with Crippen LogP contribution >= 0.6 is 0 Å². The Bertz CT molecular complexity index is 409. The van der Waals surface area contributed by atoms with Gasteiger partial charge >= 0.3 is 0 Å². The molecule has 0 spiro atoms. The molecule has 1 aliphatic heterocycles. The number of fused-ring (bicyclic) bond motifs is 1. The molecule has 0 aliphatic carbocycles. The number of nitrogens with two attached hydrogens (primary N) is 1.